The van der Waals surface area contributed by atoms with Crippen LogP contribution in [-0.4, -0.2) is 68.7 Å². The third-order valence-corrected chi connectivity index (χ3v) is 3.92. The largest absolute Gasteiger partial charge is 0.495 e. The van der Waals surface area contributed by atoms with Gasteiger partial charge in [-0.25, -0.2) is 0 Å². The highest BCUT2D eigenvalue weighted by molar-refractivity contribution is 5.27. The van der Waals surface area contributed by atoms with E-state index in [2.05, 4.69) is 40.3 Å². The number of ether oxygens (including phenoxy) is 1. The van der Waals surface area contributed by atoms with Crippen LogP contribution in [0.4, 0.5) is 0 Å². The monoisotopic (exact) mass is 264 g/mol. The molecule has 0 radical (unpaired) electrons. The van der Waals surface area contributed by atoms with Gasteiger partial charge in [-0.3, -0.25) is 9.88 Å². The summed E-state index contributed by atoms with van der Waals surface area (Å²) in [7, 11) is 8.05. The fourth-order valence-electron chi connectivity index (χ4n) is 2.70. The van der Waals surface area contributed by atoms with Crippen molar-refractivity contribution in [3.05, 3.63) is 24.0 Å². The Morgan fingerprint density at radius 1 is 1.37 bits per heavy atom. The molecule has 0 spiro atoms. The number of piperazine rings is 1. The van der Waals surface area contributed by atoms with Crippen LogP contribution in [0.15, 0.2) is 18.5 Å². The summed E-state index contributed by atoms with van der Waals surface area (Å²) < 4.78 is 5.27. The molecule has 1 saturated heterocycles. The van der Waals surface area contributed by atoms with Gasteiger partial charge < -0.3 is 15.0 Å². The van der Waals surface area contributed by atoms with Crippen LogP contribution in [0.5, 0.6) is 5.75 Å². The molecule has 2 rings (SSSR count). The number of aromatic nitrogens is 1. The highest BCUT2D eigenvalue weighted by atomic mass is 16.5. The van der Waals surface area contributed by atoms with Crippen LogP contribution in [0.1, 0.15) is 11.6 Å². The Morgan fingerprint density at radius 3 is 2.84 bits per heavy atom. The molecule has 1 aliphatic rings. The predicted molar refractivity (Wildman–Crippen MR) is 76.5 cm³/mol. The molecule has 1 aliphatic heterocycles. The summed E-state index contributed by atoms with van der Waals surface area (Å²) in [6.07, 6.45) is 3.67. The van der Waals surface area contributed by atoms with Gasteiger partial charge in [-0.05, 0) is 32.8 Å². The minimum absolute atomic E-state index is 0.260. The number of methoxy groups -OCH3 is 1. The minimum Gasteiger partial charge on any atom is -0.495 e. The average Bonchev–Trinajstić information content (AvgIpc) is 2.44. The molecule has 0 amide bonds. The first kappa shape index (κ1) is 14.2. The third kappa shape index (κ3) is 3.23. The summed E-state index contributed by atoms with van der Waals surface area (Å²) in [4.78, 5) is 9.06. The van der Waals surface area contributed by atoms with Crippen LogP contribution >= 0.6 is 0 Å². The van der Waals surface area contributed by atoms with Gasteiger partial charge in [0.2, 0.25) is 0 Å². The normalized spacial score (nSPS) is 23.3. The van der Waals surface area contributed by atoms with E-state index in [1.807, 2.05) is 13.2 Å². The van der Waals surface area contributed by atoms with Gasteiger partial charge in [0.25, 0.3) is 0 Å². The highest BCUT2D eigenvalue weighted by Crippen LogP contribution is 2.24. The first-order chi connectivity index (χ1) is 9.15. The molecule has 2 heterocycles. The van der Waals surface area contributed by atoms with Crippen LogP contribution in [0, 0.1) is 0 Å². The molecule has 0 aromatic carbocycles. The second-order valence-corrected chi connectivity index (χ2v) is 5.23. The lowest BCUT2D eigenvalue weighted by molar-refractivity contribution is 0.0895. The predicted octanol–water partition coefficient (Wildman–Crippen LogP) is 0.597. The maximum atomic E-state index is 5.27. The maximum Gasteiger partial charge on any atom is 0.137 e. The molecular weight excluding hydrogens is 240 g/mol. The lowest BCUT2D eigenvalue weighted by Gasteiger charge is -2.42. The molecule has 2 atom stereocenters. The van der Waals surface area contributed by atoms with E-state index >= 15 is 0 Å². The summed E-state index contributed by atoms with van der Waals surface area (Å²) in [6.45, 7) is 3.27. The smallest absolute Gasteiger partial charge is 0.137 e. The average molecular weight is 264 g/mol. The lowest BCUT2D eigenvalue weighted by atomic mass is 9.97. The van der Waals surface area contributed by atoms with Crippen molar-refractivity contribution in [2.45, 2.75) is 12.1 Å². The second-order valence-electron chi connectivity index (χ2n) is 5.23. The highest BCUT2D eigenvalue weighted by Gasteiger charge is 2.30. The summed E-state index contributed by atoms with van der Waals surface area (Å²) in [5, 5.41) is 3.43. The molecular formula is C14H24N4O. The topological polar surface area (TPSA) is 40.6 Å². The van der Waals surface area contributed by atoms with Crippen LogP contribution in [-0.2, 0) is 0 Å². The Balaban J connectivity index is 2.22. The summed E-state index contributed by atoms with van der Waals surface area (Å²) in [5.74, 6) is 0.810. The number of hydrogen-bond donors (Lipinski definition) is 1. The molecule has 0 saturated carbocycles. The molecule has 1 fully saturated rings. The minimum atomic E-state index is 0.260. The van der Waals surface area contributed by atoms with Crippen molar-refractivity contribution < 1.29 is 4.74 Å². The Bertz CT molecular complexity index is 412. The van der Waals surface area contributed by atoms with E-state index in [1.54, 1.807) is 13.3 Å². The quantitative estimate of drug-likeness (QED) is 0.862. The molecule has 106 valence electrons. The van der Waals surface area contributed by atoms with Gasteiger partial charge in [0, 0.05) is 31.9 Å². The van der Waals surface area contributed by atoms with E-state index in [4.69, 9.17) is 4.74 Å². The molecule has 0 bridgehead atoms. The van der Waals surface area contributed by atoms with Gasteiger partial charge >= 0.3 is 0 Å². The van der Waals surface area contributed by atoms with E-state index in [0.29, 0.717) is 6.04 Å². The zero-order chi connectivity index (χ0) is 13.8. The molecule has 2 unspecified atom stereocenters. The molecule has 0 aliphatic carbocycles. The lowest BCUT2D eigenvalue weighted by Crippen LogP contribution is -2.54. The van der Waals surface area contributed by atoms with Crippen molar-refractivity contribution in [1.29, 1.82) is 0 Å². The Hall–Kier alpha value is -1.17. The standard InChI is InChI=1S/C14H24N4O/c1-15-14(11-7-12(19-4)9-16-8-11)13-10-17(2)5-6-18(13)3/h7-9,13-15H,5-6,10H2,1-4H3. The van der Waals surface area contributed by atoms with Crippen LogP contribution in [0.25, 0.3) is 0 Å². The number of pyridine rings is 1. The van der Waals surface area contributed by atoms with Gasteiger partial charge in [-0.1, -0.05) is 0 Å². The van der Waals surface area contributed by atoms with Gasteiger partial charge in [0.1, 0.15) is 5.75 Å². The zero-order valence-corrected chi connectivity index (χ0v) is 12.3. The molecule has 1 aromatic rings. The van der Waals surface area contributed by atoms with Crippen molar-refractivity contribution >= 4 is 0 Å². The van der Waals surface area contributed by atoms with Crippen LogP contribution < -0.4 is 10.1 Å². The summed E-state index contributed by atoms with van der Waals surface area (Å²) >= 11 is 0. The van der Waals surface area contributed by atoms with E-state index in [1.165, 1.54) is 5.56 Å². The Labute approximate surface area is 115 Å². The summed E-state index contributed by atoms with van der Waals surface area (Å²) in [6, 6.07) is 2.77. The van der Waals surface area contributed by atoms with Gasteiger partial charge in [-0.2, -0.15) is 0 Å². The number of nitrogens with zero attached hydrogens (tertiary/aromatic N) is 3. The van der Waals surface area contributed by atoms with E-state index < -0.39 is 0 Å². The number of likely N-dealkylation sites (N-methyl/N-ethyl adjacent to an activating group) is 3. The molecule has 1 aromatic heterocycles. The van der Waals surface area contributed by atoms with E-state index in [9.17, 15) is 0 Å². The molecule has 5 nitrogen and oxygen atoms in total. The molecule has 1 N–H and O–H groups in total. The third-order valence-electron chi connectivity index (χ3n) is 3.92. The van der Waals surface area contributed by atoms with Crippen LogP contribution in [0.3, 0.4) is 0 Å². The molecule has 19 heavy (non-hydrogen) atoms. The number of rotatable bonds is 4. The van der Waals surface area contributed by atoms with Crippen molar-refractivity contribution in [2.75, 3.05) is 47.9 Å². The van der Waals surface area contributed by atoms with Gasteiger partial charge in [0.05, 0.1) is 19.3 Å². The van der Waals surface area contributed by atoms with E-state index in [0.717, 1.165) is 25.4 Å². The number of hydrogen-bond acceptors (Lipinski definition) is 5. The Morgan fingerprint density at radius 2 is 2.16 bits per heavy atom. The SMILES string of the molecule is CNC(c1cncc(OC)c1)C1CN(C)CCN1C. The first-order valence-electron chi connectivity index (χ1n) is 6.70. The van der Waals surface area contributed by atoms with Crippen molar-refractivity contribution in [3.63, 3.8) is 0 Å². The summed E-state index contributed by atoms with van der Waals surface area (Å²) in [5.41, 5.74) is 1.18. The van der Waals surface area contributed by atoms with Gasteiger partial charge in [0.15, 0.2) is 0 Å². The molecule has 5 heteroatoms. The zero-order valence-electron chi connectivity index (χ0n) is 12.3. The van der Waals surface area contributed by atoms with Crippen LogP contribution in [0.2, 0.25) is 0 Å². The van der Waals surface area contributed by atoms with Gasteiger partial charge in [-0.15, -0.1) is 0 Å². The van der Waals surface area contributed by atoms with Crippen molar-refractivity contribution in [2.24, 2.45) is 0 Å². The Kier molecular flexibility index (Phi) is 4.74. The van der Waals surface area contributed by atoms with Crippen molar-refractivity contribution in [3.8, 4) is 5.75 Å². The second kappa shape index (κ2) is 6.32. The first-order valence-corrected chi connectivity index (χ1v) is 6.70. The van der Waals surface area contributed by atoms with Crippen molar-refractivity contribution in [1.82, 2.24) is 20.1 Å². The fourth-order valence-corrected chi connectivity index (χ4v) is 2.70. The fraction of sp³-hybridized carbons (Fsp3) is 0.643. The number of nitrogens with one attached hydrogen (secondary N) is 1. The van der Waals surface area contributed by atoms with E-state index in [-0.39, 0.29) is 6.04 Å². The maximum absolute atomic E-state index is 5.27.